The number of hydrogen-bond donors (Lipinski definition) is 0. The highest BCUT2D eigenvalue weighted by atomic mass is 16.6. The van der Waals surface area contributed by atoms with E-state index in [2.05, 4.69) is 0 Å². The Morgan fingerprint density at radius 3 is 2.42 bits per heavy atom. The summed E-state index contributed by atoms with van der Waals surface area (Å²) >= 11 is 0. The molecule has 2 rings (SSSR count). The largest absolute Gasteiger partial charge is 0.494 e. The lowest BCUT2D eigenvalue weighted by Crippen LogP contribution is -2.11. The summed E-state index contributed by atoms with van der Waals surface area (Å²) in [6.45, 7) is 3.51. The number of rotatable bonds is 8. The van der Waals surface area contributed by atoms with Gasteiger partial charge < -0.3 is 9.47 Å². The van der Waals surface area contributed by atoms with Crippen LogP contribution in [0.2, 0.25) is 0 Å². The zero-order chi connectivity index (χ0) is 19.1. The number of nitrogens with zero attached hydrogens (tertiary/aromatic N) is 1. The van der Waals surface area contributed by atoms with Crippen molar-refractivity contribution < 1.29 is 24.0 Å². The van der Waals surface area contributed by atoms with Crippen LogP contribution in [0.3, 0.4) is 0 Å². The third-order valence-corrected chi connectivity index (χ3v) is 3.66. The van der Waals surface area contributed by atoms with Crippen LogP contribution < -0.4 is 9.47 Å². The first-order valence-corrected chi connectivity index (χ1v) is 8.06. The second kappa shape index (κ2) is 8.75. The van der Waals surface area contributed by atoms with Crippen molar-refractivity contribution in [3.63, 3.8) is 0 Å². The molecule has 0 unspecified atom stereocenters. The predicted molar refractivity (Wildman–Crippen MR) is 94.6 cm³/mol. The van der Waals surface area contributed by atoms with Gasteiger partial charge in [-0.15, -0.1) is 0 Å². The van der Waals surface area contributed by atoms with Crippen molar-refractivity contribution in [3.8, 4) is 11.5 Å². The summed E-state index contributed by atoms with van der Waals surface area (Å²) in [7, 11) is 0. The molecular formula is C19H19NO6. The van der Waals surface area contributed by atoms with Crippen molar-refractivity contribution in [3.05, 3.63) is 63.7 Å². The van der Waals surface area contributed by atoms with E-state index in [1.165, 1.54) is 25.1 Å². The summed E-state index contributed by atoms with van der Waals surface area (Å²) in [4.78, 5) is 33.3. The van der Waals surface area contributed by atoms with Crippen molar-refractivity contribution in [2.45, 2.75) is 26.7 Å². The topological polar surface area (TPSA) is 95.7 Å². The molecule has 136 valence electrons. The molecule has 0 fully saturated rings. The first-order chi connectivity index (χ1) is 12.4. The molecule has 2 aromatic rings. The van der Waals surface area contributed by atoms with Gasteiger partial charge in [-0.3, -0.25) is 19.7 Å². The molecule has 0 bridgehead atoms. The van der Waals surface area contributed by atoms with Gasteiger partial charge in [0.1, 0.15) is 11.5 Å². The van der Waals surface area contributed by atoms with Gasteiger partial charge >= 0.3 is 5.97 Å². The third kappa shape index (κ3) is 5.41. The Hall–Kier alpha value is -3.22. The summed E-state index contributed by atoms with van der Waals surface area (Å²) < 4.78 is 10.7. The third-order valence-electron chi connectivity index (χ3n) is 3.66. The number of Topliss-reactive ketones (excluding diaryl/α,β-unsaturated/α-hetero) is 1. The summed E-state index contributed by atoms with van der Waals surface area (Å²) in [5.41, 5.74) is 1.12. The van der Waals surface area contributed by atoms with E-state index in [1.807, 2.05) is 0 Å². The van der Waals surface area contributed by atoms with Crippen molar-refractivity contribution in [1.29, 1.82) is 0 Å². The van der Waals surface area contributed by atoms with Crippen molar-refractivity contribution in [2.75, 3.05) is 6.61 Å². The lowest BCUT2D eigenvalue weighted by molar-refractivity contribution is -0.384. The highest BCUT2D eigenvalue weighted by Crippen LogP contribution is 2.24. The Morgan fingerprint density at radius 1 is 1.12 bits per heavy atom. The average Bonchev–Trinajstić information content (AvgIpc) is 2.61. The van der Waals surface area contributed by atoms with E-state index in [0.29, 0.717) is 29.9 Å². The van der Waals surface area contributed by atoms with Crippen LogP contribution in [-0.4, -0.2) is 23.3 Å². The second-order valence-electron chi connectivity index (χ2n) is 5.71. The molecule has 0 atom stereocenters. The summed E-state index contributed by atoms with van der Waals surface area (Å²) in [5.74, 6) is 0.294. The van der Waals surface area contributed by atoms with E-state index in [9.17, 15) is 19.7 Å². The van der Waals surface area contributed by atoms with Gasteiger partial charge in [0.25, 0.3) is 5.69 Å². The van der Waals surface area contributed by atoms with Crippen LogP contribution in [0.5, 0.6) is 11.5 Å². The van der Waals surface area contributed by atoms with Gasteiger partial charge in [0.05, 0.1) is 17.6 Å². The van der Waals surface area contributed by atoms with Gasteiger partial charge in [0.15, 0.2) is 5.78 Å². The molecule has 0 saturated heterocycles. The van der Waals surface area contributed by atoms with Gasteiger partial charge in [-0.05, 0) is 56.2 Å². The second-order valence-corrected chi connectivity index (χ2v) is 5.71. The van der Waals surface area contributed by atoms with Crippen LogP contribution in [0, 0.1) is 17.0 Å². The van der Waals surface area contributed by atoms with Crippen LogP contribution in [0.25, 0.3) is 0 Å². The molecule has 7 nitrogen and oxygen atoms in total. The van der Waals surface area contributed by atoms with E-state index < -0.39 is 10.9 Å². The van der Waals surface area contributed by atoms with Crippen molar-refractivity contribution in [2.24, 2.45) is 0 Å². The number of aryl methyl sites for hydroxylation is 1. The molecule has 0 saturated carbocycles. The lowest BCUT2D eigenvalue weighted by atomic mass is 10.1. The maximum atomic E-state index is 11.9. The Bertz CT molecular complexity index is 813. The average molecular weight is 357 g/mol. The van der Waals surface area contributed by atoms with Gasteiger partial charge in [0, 0.05) is 18.1 Å². The molecule has 0 heterocycles. The number of carbonyl (C=O) groups is 2. The number of ketones is 1. The van der Waals surface area contributed by atoms with Crippen LogP contribution in [0.1, 0.15) is 35.7 Å². The monoisotopic (exact) mass is 357 g/mol. The molecule has 2 aromatic carbocycles. The number of non-ortho nitro benzene ring substituents is 1. The van der Waals surface area contributed by atoms with Crippen LogP contribution in [0.4, 0.5) is 5.69 Å². The standard InChI is InChI=1S/C19H19NO6/c1-13-5-8-16(20(23)24)12-18(13)26-19(22)4-3-11-25-17-9-6-15(7-10-17)14(2)21/h5-10,12H,3-4,11H2,1-2H3. The molecule has 0 amide bonds. The van der Waals surface area contributed by atoms with Gasteiger partial charge in [-0.25, -0.2) is 0 Å². The van der Waals surface area contributed by atoms with Crippen molar-refractivity contribution in [1.82, 2.24) is 0 Å². The van der Waals surface area contributed by atoms with E-state index in [-0.39, 0.29) is 23.6 Å². The summed E-state index contributed by atoms with van der Waals surface area (Å²) in [5, 5.41) is 10.8. The number of nitro benzene ring substituents is 1. The minimum atomic E-state index is -0.540. The van der Waals surface area contributed by atoms with Crippen LogP contribution in [-0.2, 0) is 4.79 Å². The number of carbonyl (C=O) groups excluding carboxylic acids is 2. The first kappa shape index (κ1) is 19.1. The van der Waals surface area contributed by atoms with Gasteiger partial charge in [0.2, 0.25) is 0 Å². The molecule has 0 aliphatic heterocycles. The predicted octanol–water partition coefficient (Wildman–Crippen LogP) is 3.87. The van der Waals surface area contributed by atoms with Crippen molar-refractivity contribution >= 4 is 17.4 Å². The minimum Gasteiger partial charge on any atom is -0.494 e. The van der Waals surface area contributed by atoms with Crippen LogP contribution in [0.15, 0.2) is 42.5 Å². The normalized spacial score (nSPS) is 10.2. The molecule has 0 aliphatic carbocycles. The van der Waals surface area contributed by atoms with E-state index in [4.69, 9.17) is 9.47 Å². The van der Waals surface area contributed by atoms with E-state index >= 15 is 0 Å². The van der Waals surface area contributed by atoms with Gasteiger partial charge in [-0.1, -0.05) is 0 Å². The molecular weight excluding hydrogens is 338 g/mol. The molecule has 26 heavy (non-hydrogen) atoms. The summed E-state index contributed by atoms with van der Waals surface area (Å²) in [6.07, 6.45) is 0.551. The molecule has 7 heteroatoms. The van der Waals surface area contributed by atoms with Crippen LogP contribution >= 0.6 is 0 Å². The van der Waals surface area contributed by atoms with E-state index in [0.717, 1.165) is 0 Å². The fourth-order valence-electron chi connectivity index (χ4n) is 2.18. The lowest BCUT2D eigenvalue weighted by Gasteiger charge is -2.08. The Balaban J connectivity index is 1.79. The molecule has 0 spiro atoms. The number of nitro groups is 1. The maximum absolute atomic E-state index is 11.9. The van der Waals surface area contributed by atoms with Gasteiger partial charge in [-0.2, -0.15) is 0 Å². The number of esters is 1. The highest BCUT2D eigenvalue weighted by molar-refractivity contribution is 5.94. The number of hydrogen-bond acceptors (Lipinski definition) is 6. The molecule has 0 N–H and O–H groups in total. The SMILES string of the molecule is CC(=O)c1ccc(OCCCC(=O)Oc2cc([N+](=O)[O-])ccc2C)cc1. The quantitative estimate of drug-likeness (QED) is 0.178. The Kier molecular flexibility index (Phi) is 6.43. The fourth-order valence-corrected chi connectivity index (χ4v) is 2.18. The number of benzene rings is 2. The molecule has 0 aliphatic rings. The fraction of sp³-hybridized carbons (Fsp3) is 0.263. The minimum absolute atomic E-state index is 0.0178. The highest BCUT2D eigenvalue weighted by Gasteiger charge is 2.13. The zero-order valence-corrected chi connectivity index (χ0v) is 14.6. The zero-order valence-electron chi connectivity index (χ0n) is 14.6. The molecule has 0 aromatic heterocycles. The Morgan fingerprint density at radius 2 is 1.81 bits per heavy atom. The maximum Gasteiger partial charge on any atom is 0.311 e. The smallest absolute Gasteiger partial charge is 0.311 e. The first-order valence-electron chi connectivity index (χ1n) is 8.06. The molecule has 0 radical (unpaired) electrons. The van der Waals surface area contributed by atoms with E-state index in [1.54, 1.807) is 31.2 Å². The Labute approximate surface area is 150 Å². The summed E-state index contributed by atoms with van der Waals surface area (Å²) in [6, 6.07) is 10.9. The number of ether oxygens (including phenoxy) is 2.